The molecule has 2 N–H and O–H groups in total. The number of hydrogen-bond acceptors (Lipinski definition) is 3. The van der Waals surface area contributed by atoms with Crippen molar-refractivity contribution in [1.82, 2.24) is 5.32 Å². The Morgan fingerprint density at radius 2 is 2.26 bits per heavy atom. The summed E-state index contributed by atoms with van der Waals surface area (Å²) in [5.41, 5.74) is 1.50. The third kappa shape index (κ3) is 3.08. The van der Waals surface area contributed by atoms with Gasteiger partial charge in [-0.05, 0) is 44.4 Å². The normalized spacial score (nSPS) is 15.8. The molecule has 2 rings (SSSR count). The number of phenolic OH excluding ortho intramolecular Hbond substituents is 1. The van der Waals surface area contributed by atoms with E-state index in [9.17, 15) is 9.90 Å². The molecule has 0 spiro atoms. The first kappa shape index (κ1) is 13.5. The highest BCUT2D eigenvalue weighted by molar-refractivity contribution is 5.94. The second kappa shape index (κ2) is 5.78. The Morgan fingerprint density at radius 3 is 2.89 bits per heavy atom. The number of ether oxygens (including phenoxy) is 1. The van der Waals surface area contributed by atoms with Gasteiger partial charge in [0.15, 0.2) is 0 Å². The minimum absolute atomic E-state index is 0.0489. The molecular formula is C15H19NO3. The Labute approximate surface area is 113 Å². The molecule has 0 bridgehead atoms. The molecule has 1 aromatic carbocycles. The maximum Gasteiger partial charge on any atom is 0.247 e. The number of carbonyl (C=O) groups is 1. The van der Waals surface area contributed by atoms with E-state index >= 15 is 0 Å². The van der Waals surface area contributed by atoms with Gasteiger partial charge in [-0.25, -0.2) is 0 Å². The second-order valence-corrected chi connectivity index (χ2v) is 4.74. The highest BCUT2D eigenvalue weighted by atomic mass is 16.5. The Morgan fingerprint density at radius 1 is 1.47 bits per heavy atom. The minimum atomic E-state index is -0.260. The zero-order valence-electron chi connectivity index (χ0n) is 11.3. The number of methoxy groups -OCH3 is 1. The van der Waals surface area contributed by atoms with Crippen LogP contribution in [0.4, 0.5) is 0 Å². The summed E-state index contributed by atoms with van der Waals surface area (Å²) in [6.07, 6.45) is 4.83. The lowest BCUT2D eigenvalue weighted by molar-refractivity contribution is -0.118. The third-order valence-corrected chi connectivity index (χ3v) is 3.38. The van der Waals surface area contributed by atoms with E-state index in [4.69, 9.17) is 4.74 Å². The van der Waals surface area contributed by atoms with E-state index in [1.54, 1.807) is 25.3 Å². The summed E-state index contributed by atoms with van der Waals surface area (Å²) in [6, 6.07) is 4.74. The van der Waals surface area contributed by atoms with Gasteiger partial charge in [-0.2, -0.15) is 0 Å². The number of rotatable bonds is 4. The van der Waals surface area contributed by atoms with Crippen molar-refractivity contribution in [2.45, 2.75) is 32.2 Å². The van der Waals surface area contributed by atoms with E-state index in [1.165, 1.54) is 0 Å². The van der Waals surface area contributed by atoms with Crippen LogP contribution in [0.3, 0.4) is 0 Å². The first-order valence-corrected chi connectivity index (χ1v) is 6.48. The van der Waals surface area contributed by atoms with Crippen LogP contribution < -0.4 is 10.1 Å². The van der Waals surface area contributed by atoms with E-state index in [-0.39, 0.29) is 17.7 Å². The van der Waals surface area contributed by atoms with Gasteiger partial charge < -0.3 is 15.2 Å². The van der Waals surface area contributed by atoms with Gasteiger partial charge in [-0.3, -0.25) is 4.79 Å². The summed E-state index contributed by atoms with van der Waals surface area (Å²) < 4.78 is 5.13. The molecule has 19 heavy (non-hydrogen) atoms. The molecule has 4 heteroatoms. The molecule has 0 unspecified atom stereocenters. The Balaban J connectivity index is 2.10. The lowest BCUT2D eigenvalue weighted by Crippen LogP contribution is -2.27. The Kier molecular flexibility index (Phi) is 4.10. The van der Waals surface area contributed by atoms with E-state index in [1.807, 2.05) is 13.0 Å². The van der Waals surface area contributed by atoms with Gasteiger partial charge >= 0.3 is 0 Å². The number of allylic oxidation sites excluding steroid dienone is 1. The van der Waals surface area contributed by atoms with Crippen LogP contribution in [0.25, 0.3) is 0 Å². The van der Waals surface area contributed by atoms with Crippen LogP contribution in [0.1, 0.15) is 37.8 Å². The van der Waals surface area contributed by atoms with Crippen molar-refractivity contribution in [2.75, 3.05) is 7.11 Å². The maximum absolute atomic E-state index is 12.0. The van der Waals surface area contributed by atoms with E-state index < -0.39 is 0 Å². The quantitative estimate of drug-likeness (QED) is 0.876. The van der Waals surface area contributed by atoms with Crippen LogP contribution in [0.5, 0.6) is 11.5 Å². The third-order valence-electron chi connectivity index (χ3n) is 3.38. The molecule has 0 aliphatic heterocycles. The fourth-order valence-electron chi connectivity index (χ4n) is 2.25. The predicted octanol–water partition coefficient (Wildman–Crippen LogP) is 2.69. The van der Waals surface area contributed by atoms with Crippen LogP contribution >= 0.6 is 0 Å². The summed E-state index contributed by atoms with van der Waals surface area (Å²) in [7, 11) is 1.57. The number of phenols is 1. The molecule has 0 radical (unpaired) electrons. The second-order valence-electron chi connectivity index (χ2n) is 4.74. The van der Waals surface area contributed by atoms with Crippen LogP contribution in [0.2, 0.25) is 0 Å². The molecule has 4 nitrogen and oxygen atoms in total. The largest absolute Gasteiger partial charge is 0.508 e. The van der Waals surface area contributed by atoms with Gasteiger partial charge in [-0.15, -0.1) is 0 Å². The van der Waals surface area contributed by atoms with Crippen molar-refractivity contribution in [1.29, 1.82) is 0 Å². The van der Waals surface area contributed by atoms with Crippen molar-refractivity contribution in [3.63, 3.8) is 0 Å². The zero-order chi connectivity index (χ0) is 13.8. The monoisotopic (exact) mass is 261 g/mol. The standard InChI is InChI=1S/C15H19NO3/c1-10(16-15(18)11-5-3-4-6-11)13-9-12(19-2)7-8-14(13)17/h5,7-10,17H,3-4,6H2,1-2H3,(H,16,18)/t10-/m1/s1. The smallest absolute Gasteiger partial charge is 0.247 e. The van der Waals surface area contributed by atoms with Gasteiger partial charge in [0.05, 0.1) is 13.2 Å². The van der Waals surface area contributed by atoms with Gasteiger partial charge in [0.25, 0.3) is 0 Å². The number of nitrogens with one attached hydrogen (secondary N) is 1. The molecule has 1 amide bonds. The van der Waals surface area contributed by atoms with Crippen molar-refractivity contribution >= 4 is 5.91 Å². The van der Waals surface area contributed by atoms with Crippen LogP contribution in [-0.2, 0) is 4.79 Å². The zero-order valence-corrected chi connectivity index (χ0v) is 11.3. The fraction of sp³-hybridized carbons (Fsp3) is 0.400. The summed E-state index contributed by atoms with van der Waals surface area (Å²) in [6.45, 7) is 1.85. The van der Waals surface area contributed by atoms with E-state index in [0.29, 0.717) is 11.3 Å². The minimum Gasteiger partial charge on any atom is -0.508 e. The van der Waals surface area contributed by atoms with E-state index in [0.717, 1.165) is 24.8 Å². The Bertz CT molecular complexity index is 508. The molecule has 0 saturated carbocycles. The number of carbonyl (C=O) groups excluding carboxylic acids is 1. The number of hydrogen-bond donors (Lipinski definition) is 2. The van der Waals surface area contributed by atoms with Crippen molar-refractivity contribution < 1.29 is 14.6 Å². The van der Waals surface area contributed by atoms with Gasteiger partial charge in [0.1, 0.15) is 11.5 Å². The number of benzene rings is 1. The fourth-order valence-corrected chi connectivity index (χ4v) is 2.25. The summed E-state index contributed by atoms with van der Waals surface area (Å²) in [4.78, 5) is 12.0. The number of aromatic hydroxyl groups is 1. The van der Waals surface area contributed by atoms with Gasteiger partial charge in [0, 0.05) is 11.1 Å². The maximum atomic E-state index is 12.0. The van der Waals surface area contributed by atoms with Crippen LogP contribution in [-0.4, -0.2) is 18.1 Å². The summed E-state index contributed by atoms with van der Waals surface area (Å²) in [5.74, 6) is 0.773. The van der Waals surface area contributed by atoms with Gasteiger partial charge in [0.2, 0.25) is 5.91 Å². The topological polar surface area (TPSA) is 58.6 Å². The lowest BCUT2D eigenvalue weighted by atomic mass is 10.1. The highest BCUT2D eigenvalue weighted by Crippen LogP contribution is 2.28. The molecule has 102 valence electrons. The first-order valence-electron chi connectivity index (χ1n) is 6.48. The van der Waals surface area contributed by atoms with Crippen LogP contribution in [0, 0.1) is 0 Å². The molecule has 1 aliphatic rings. The highest BCUT2D eigenvalue weighted by Gasteiger charge is 2.18. The summed E-state index contributed by atoms with van der Waals surface area (Å²) in [5, 5.41) is 12.8. The average Bonchev–Trinajstić information content (AvgIpc) is 2.93. The Hall–Kier alpha value is -1.97. The van der Waals surface area contributed by atoms with Crippen LogP contribution in [0.15, 0.2) is 29.8 Å². The summed E-state index contributed by atoms with van der Waals surface area (Å²) >= 11 is 0. The van der Waals surface area contributed by atoms with Crippen molar-refractivity contribution in [3.8, 4) is 11.5 Å². The molecule has 1 aromatic rings. The lowest BCUT2D eigenvalue weighted by Gasteiger charge is -2.17. The van der Waals surface area contributed by atoms with Gasteiger partial charge in [-0.1, -0.05) is 6.08 Å². The SMILES string of the molecule is COc1ccc(O)c([C@@H](C)NC(=O)C2=CCCC2)c1. The molecule has 0 saturated heterocycles. The molecule has 0 aromatic heterocycles. The molecule has 0 fully saturated rings. The average molecular weight is 261 g/mol. The molecular weight excluding hydrogens is 242 g/mol. The number of amides is 1. The first-order chi connectivity index (χ1) is 9.11. The van der Waals surface area contributed by atoms with Crippen molar-refractivity contribution in [3.05, 3.63) is 35.4 Å². The van der Waals surface area contributed by atoms with E-state index in [2.05, 4.69) is 5.32 Å². The van der Waals surface area contributed by atoms with Crippen molar-refractivity contribution in [2.24, 2.45) is 0 Å². The molecule has 0 heterocycles. The molecule has 1 atom stereocenters. The predicted molar refractivity (Wildman–Crippen MR) is 73.2 cm³/mol. The molecule has 1 aliphatic carbocycles.